The first-order chi connectivity index (χ1) is 7.61. The molecule has 0 spiro atoms. The Morgan fingerprint density at radius 1 is 1.50 bits per heavy atom. The first-order valence-corrected chi connectivity index (χ1v) is 5.00. The van der Waals surface area contributed by atoms with E-state index in [0.717, 1.165) is 0 Å². The summed E-state index contributed by atoms with van der Waals surface area (Å²) in [5, 5.41) is 0. The lowest BCUT2D eigenvalue weighted by molar-refractivity contribution is -0.141. The van der Waals surface area contributed by atoms with E-state index in [1.807, 2.05) is 0 Å². The molecule has 1 aromatic rings. The Hall–Kier alpha value is -1.36. The fourth-order valence-electron chi connectivity index (χ4n) is 0.731. The number of aldehydes is 1. The molecule has 0 aliphatic rings. The van der Waals surface area contributed by atoms with Gasteiger partial charge in [-0.25, -0.2) is 4.39 Å². The third kappa shape index (κ3) is 7.00. The number of hydrogen-bond acceptors (Lipinski definition) is 4. The number of ether oxygens (including phenoxy) is 1. The van der Waals surface area contributed by atoms with Gasteiger partial charge in [0.2, 0.25) is 0 Å². The SMILES string of the molecule is COC(=O)CCC=O.Fc1ccccc1S. The normalized spacial score (nSPS) is 8.69. The predicted molar refractivity (Wildman–Crippen MR) is 61.0 cm³/mol. The molecule has 0 unspecified atom stereocenters. The monoisotopic (exact) mass is 244 g/mol. The minimum atomic E-state index is -0.336. The molecule has 0 amide bonds. The zero-order valence-electron chi connectivity index (χ0n) is 8.85. The van der Waals surface area contributed by atoms with Crippen LogP contribution in [-0.2, 0) is 14.3 Å². The highest BCUT2D eigenvalue weighted by Crippen LogP contribution is 2.08. The number of carbonyl (C=O) groups excluding carboxylic acids is 2. The molecule has 0 N–H and O–H groups in total. The highest BCUT2D eigenvalue weighted by molar-refractivity contribution is 7.80. The van der Waals surface area contributed by atoms with E-state index in [-0.39, 0.29) is 24.6 Å². The van der Waals surface area contributed by atoms with E-state index in [0.29, 0.717) is 11.2 Å². The molecule has 0 saturated carbocycles. The van der Waals surface area contributed by atoms with E-state index in [1.54, 1.807) is 18.2 Å². The predicted octanol–water partition coefficient (Wildman–Crippen LogP) is 2.25. The van der Waals surface area contributed by atoms with Crippen LogP contribution >= 0.6 is 12.6 Å². The van der Waals surface area contributed by atoms with E-state index >= 15 is 0 Å². The molecular weight excluding hydrogens is 231 g/mol. The molecule has 16 heavy (non-hydrogen) atoms. The Kier molecular flexibility index (Phi) is 8.15. The second-order valence-electron chi connectivity index (χ2n) is 2.73. The molecule has 1 aromatic carbocycles. The number of hydrogen-bond donors (Lipinski definition) is 1. The maximum atomic E-state index is 12.2. The van der Waals surface area contributed by atoms with E-state index in [9.17, 15) is 14.0 Å². The molecule has 1 rings (SSSR count). The van der Waals surface area contributed by atoms with E-state index in [2.05, 4.69) is 17.4 Å². The molecule has 0 aliphatic heterocycles. The number of thiol groups is 1. The summed E-state index contributed by atoms with van der Waals surface area (Å²) < 4.78 is 16.5. The Morgan fingerprint density at radius 2 is 2.12 bits per heavy atom. The van der Waals surface area contributed by atoms with Crippen LogP contribution in [0.5, 0.6) is 0 Å². The van der Waals surface area contributed by atoms with Crippen LogP contribution < -0.4 is 0 Å². The standard InChI is InChI=1S/C6H5FS.C5H8O3/c7-5-3-1-2-4-6(5)8;1-8-5(7)3-2-4-6/h1-4,8H;4H,2-3H2,1H3. The molecule has 0 radical (unpaired) electrons. The molecule has 3 nitrogen and oxygen atoms in total. The minimum absolute atomic E-state index is 0.194. The van der Waals surface area contributed by atoms with Gasteiger partial charge in [-0.1, -0.05) is 12.1 Å². The van der Waals surface area contributed by atoms with Crippen LogP contribution in [0.15, 0.2) is 29.2 Å². The maximum absolute atomic E-state index is 12.2. The van der Waals surface area contributed by atoms with Gasteiger partial charge in [0.15, 0.2) is 0 Å². The molecule has 0 aromatic heterocycles. The summed E-state index contributed by atoms with van der Waals surface area (Å²) in [6.07, 6.45) is 1.14. The van der Waals surface area contributed by atoms with Gasteiger partial charge in [0.1, 0.15) is 12.1 Å². The van der Waals surface area contributed by atoms with Crippen molar-refractivity contribution < 1.29 is 18.7 Å². The average Bonchev–Trinajstić information content (AvgIpc) is 2.30. The lowest BCUT2D eigenvalue weighted by atomic mass is 10.3. The molecule has 0 bridgehead atoms. The van der Waals surface area contributed by atoms with Crippen LogP contribution in [-0.4, -0.2) is 19.4 Å². The van der Waals surface area contributed by atoms with Gasteiger partial charge in [0.25, 0.3) is 0 Å². The third-order valence-electron chi connectivity index (χ3n) is 1.55. The second kappa shape index (κ2) is 8.91. The van der Waals surface area contributed by atoms with Gasteiger partial charge in [-0.15, -0.1) is 12.6 Å². The number of benzene rings is 1. The first kappa shape index (κ1) is 14.6. The van der Waals surface area contributed by atoms with Crippen molar-refractivity contribution in [3.63, 3.8) is 0 Å². The average molecular weight is 244 g/mol. The van der Waals surface area contributed by atoms with Crippen molar-refractivity contribution in [1.82, 2.24) is 0 Å². The van der Waals surface area contributed by atoms with Crippen molar-refractivity contribution in [1.29, 1.82) is 0 Å². The summed E-state index contributed by atoms with van der Waals surface area (Å²) in [6.45, 7) is 0. The van der Waals surface area contributed by atoms with Crippen molar-refractivity contribution in [3.8, 4) is 0 Å². The van der Waals surface area contributed by atoms with Gasteiger partial charge in [-0.05, 0) is 12.1 Å². The van der Waals surface area contributed by atoms with Gasteiger partial charge >= 0.3 is 5.97 Å². The molecule has 0 atom stereocenters. The summed E-state index contributed by atoms with van der Waals surface area (Å²) in [7, 11) is 1.30. The maximum Gasteiger partial charge on any atom is 0.305 e. The van der Waals surface area contributed by atoms with E-state index < -0.39 is 0 Å². The third-order valence-corrected chi connectivity index (χ3v) is 1.91. The van der Waals surface area contributed by atoms with Crippen LogP contribution in [0.25, 0.3) is 0 Å². The smallest absolute Gasteiger partial charge is 0.305 e. The number of esters is 1. The lowest BCUT2D eigenvalue weighted by Crippen LogP contribution is -1.99. The number of methoxy groups -OCH3 is 1. The van der Waals surface area contributed by atoms with Crippen molar-refractivity contribution in [2.75, 3.05) is 7.11 Å². The zero-order chi connectivity index (χ0) is 12.4. The van der Waals surface area contributed by atoms with Gasteiger partial charge in [0, 0.05) is 11.3 Å². The molecule has 0 heterocycles. The molecule has 0 aliphatic carbocycles. The van der Waals surface area contributed by atoms with Crippen LogP contribution in [0.2, 0.25) is 0 Å². The van der Waals surface area contributed by atoms with Gasteiger partial charge in [0.05, 0.1) is 13.5 Å². The molecule has 0 fully saturated rings. The van der Waals surface area contributed by atoms with Crippen molar-refractivity contribution >= 4 is 24.9 Å². The fraction of sp³-hybridized carbons (Fsp3) is 0.273. The zero-order valence-corrected chi connectivity index (χ0v) is 9.75. The Balaban J connectivity index is 0.000000281. The highest BCUT2D eigenvalue weighted by atomic mass is 32.1. The van der Waals surface area contributed by atoms with Gasteiger partial charge in [-0.2, -0.15) is 0 Å². The van der Waals surface area contributed by atoms with Crippen LogP contribution in [0.4, 0.5) is 4.39 Å². The minimum Gasteiger partial charge on any atom is -0.469 e. The summed E-state index contributed by atoms with van der Waals surface area (Å²) in [5.74, 6) is -0.604. The van der Waals surface area contributed by atoms with E-state index in [1.165, 1.54) is 13.2 Å². The summed E-state index contributed by atoms with van der Waals surface area (Å²) in [4.78, 5) is 20.2. The quantitative estimate of drug-likeness (QED) is 0.504. The molecule has 88 valence electrons. The van der Waals surface area contributed by atoms with E-state index in [4.69, 9.17) is 0 Å². The number of halogens is 1. The highest BCUT2D eigenvalue weighted by Gasteiger charge is 1.95. The molecule has 5 heteroatoms. The first-order valence-electron chi connectivity index (χ1n) is 4.55. The fourth-order valence-corrected chi connectivity index (χ4v) is 0.891. The van der Waals surface area contributed by atoms with Crippen LogP contribution in [0.1, 0.15) is 12.8 Å². The molecular formula is C11H13FO3S. The number of rotatable bonds is 3. The van der Waals surface area contributed by atoms with Crippen molar-refractivity contribution in [3.05, 3.63) is 30.1 Å². The van der Waals surface area contributed by atoms with Crippen molar-refractivity contribution in [2.45, 2.75) is 17.7 Å². The van der Waals surface area contributed by atoms with Gasteiger partial charge < -0.3 is 9.53 Å². The summed E-state index contributed by atoms with van der Waals surface area (Å²) >= 11 is 3.82. The summed E-state index contributed by atoms with van der Waals surface area (Å²) in [5.41, 5.74) is 0. The summed E-state index contributed by atoms with van der Waals surface area (Å²) in [6, 6.07) is 6.36. The van der Waals surface area contributed by atoms with Crippen LogP contribution in [0.3, 0.4) is 0 Å². The van der Waals surface area contributed by atoms with Gasteiger partial charge in [-0.3, -0.25) is 4.79 Å². The largest absolute Gasteiger partial charge is 0.469 e. The van der Waals surface area contributed by atoms with Crippen molar-refractivity contribution in [2.24, 2.45) is 0 Å². The Bertz CT molecular complexity index is 321. The number of carbonyl (C=O) groups is 2. The lowest BCUT2D eigenvalue weighted by Gasteiger charge is -1.90. The van der Waals surface area contributed by atoms with Crippen LogP contribution in [0, 0.1) is 5.82 Å². The Labute approximate surface area is 99.0 Å². The Morgan fingerprint density at radius 3 is 2.50 bits per heavy atom. The topological polar surface area (TPSA) is 43.4 Å². The molecule has 0 saturated heterocycles. The second-order valence-corrected chi connectivity index (χ2v) is 3.21.